The molecule has 0 fully saturated rings. The minimum absolute atomic E-state index is 0.159. The number of aliphatic hydroxyl groups excluding tert-OH is 1. The Bertz CT molecular complexity index is 337. The Morgan fingerprint density at radius 3 is 2.44 bits per heavy atom. The molecule has 0 saturated carbocycles. The van der Waals surface area contributed by atoms with Crippen LogP contribution in [-0.4, -0.2) is 34.9 Å². The molecular weight excluding hydrogens is 226 g/mol. The zero-order valence-electron chi connectivity index (χ0n) is 9.32. The summed E-state index contributed by atoms with van der Waals surface area (Å²) >= 11 is 5.36. The lowest BCUT2D eigenvalue weighted by Crippen LogP contribution is -2.26. The highest BCUT2D eigenvalue weighted by molar-refractivity contribution is 6.67. The van der Waals surface area contributed by atoms with Gasteiger partial charge in [0.05, 0.1) is 6.61 Å². The highest BCUT2D eigenvalue weighted by Crippen LogP contribution is 2.09. The molecule has 0 aliphatic carbocycles. The molecule has 1 aromatic rings. The maximum Gasteiger partial charge on any atom is 0.252 e. The van der Waals surface area contributed by atoms with E-state index in [2.05, 4.69) is 4.90 Å². The van der Waals surface area contributed by atoms with Gasteiger partial charge in [0.25, 0.3) is 5.24 Å². The van der Waals surface area contributed by atoms with Crippen LogP contribution in [0.15, 0.2) is 24.3 Å². The van der Waals surface area contributed by atoms with Crippen LogP contribution in [-0.2, 0) is 6.54 Å². The maximum atomic E-state index is 10.9. The summed E-state index contributed by atoms with van der Waals surface area (Å²) in [6.07, 6.45) is 0. The van der Waals surface area contributed by atoms with Crippen LogP contribution in [0.4, 0.5) is 0 Å². The first-order valence-electron chi connectivity index (χ1n) is 5.29. The van der Waals surface area contributed by atoms with Gasteiger partial charge in [-0.05, 0) is 35.8 Å². The summed E-state index contributed by atoms with van der Waals surface area (Å²) in [5.74, 6) is 0. The molecule has 1 N–H and O–H groups in total. The Labute approximate surface area is 101 Å². The van der Waals surface area contributed by atoms with E-state index in [-0.39, 0.29) is 6.61 Å². The summed E-state index contributed by atoms with van der Waals surface area (Å²) in [6.45, 7) is 4.52. The normalized spacial score (nSPS) is 10.8. The number of hydrogen-bond donors (Lipinski definition) is 1. The fourth-order valence-electron chi connectivity index (χ4n) is 1.49. The van der Waals surface area contributed by atoms with Gasteiger partial charge in [0.2, 0.25) is 0 Å². The van der Waals surface area contributed by atoms with E-state index in [0.717, 1.165) is 18.7 Å². The Morgan fingerprint density at radius 1 is 1.38 bits per heavy atom. The third kappa shape index (κ3) is 3.93. The molecule has 0 saturated heterocycles. The fourth-order valence-corrected chi connectivity index (χ4v) is 1.62. The van der Waals surface area contributed by atoms with E-state index in [1.54, 1.807) is 12.1 Å². The predicted molar refractivity (Wildman–Crippen MR) is 64.7 cm³/mol. The van der Waals surface area contributed by atoms with Crippen molar-refractivity contribution in [2.45, 2.75) is 13.5 Å². The van der Waals surface area contributed by atoms with Crippen LogP contribution in [0.5, 0.6) is 0 Å². The standard InChI is InChI=1S/C12H16ClNO2/c1-2-14(7-8-15)9-10-3-5-11(6-4-10)12(13)16/h3-6,15H,2,7-9H2,1H3. The van der Waals surface area contributed by atoms with Crippen LogP contribution in [0.2, 0.25) is 0 Å². The Balaban J connectivity index is 2.63. The van der Waals surface area contributed by atoms with E-state index in [4.69, 9.17) is 16.7 Å². The van der Waals surface area contributed by atoms with Gasteiger partial charge in [-0.3, -0.25) is 9.69 Å². The van der Waals surface area contributed by atoms with E-state index >= 15 is 0 Å². The summed E-state index contributed by atoms with van der Waals surface area (Å²) in [4.78, 5) is 13.0. The van der Waals surface area contributed by atoms with Gasteiger partial charge in [-0.15, -0.1) is 0 Å². The lowest BCUT2D eigenvalue weighted by molar-refractivity contribution is 0.108. The molecule has 0 atom stereocenters. The average Bonchev–Trinajstić information content (AvgIpc) is 2.29. The molecule has 1 aromatic carbocycles. The van der Waals surface area contributed by atoms with E-state index in [0.29, 0.717) is 12.1 Å². The molecule has 0 aliphatic heterocycles. The van der Waals surface area contributed by atoms with Crippen LogP contribution in [0.25, 0.3) is 0 Å². The lowest BCUT2D eigenvalue weighted by Gasteiger charge is -2.18. The smallest absolute Gasteiger partial charge is 0.252 e. The molecule has 88 valence electrons. The van der Waals surface area contributed by atoms with Gasteiger partial charge in [0.1, 0.15) is 0 Å². The van der Waals surface area contributed by atoms with Gasteiger partial charge in [-0.25, -0.2) is 0 Å². The summed E-state index contributed by atoms with van der Waals surface area (Å²) in [7, 11) is 0. The molecule has 0 aromatic heterocycles. The first kappa shape index (κ1) is 13.2. The maximum absolute atomic E-state index is 10.9. The van der Waals surface area contributed by atoms with Crippen LogP contribution >= 0.6 is 11.6 Å². The number of carbonyl (C=O) groups excluding carboxylic acids is 1. The number of likely N-dealkylation sites (N-methyl/N-ethyl adjacent to an activating group) is 1. The number of carbonyl (C=O) groups is 1. The van der Waals surface area contributed by atoms with Crippen molar-refractivity contribution in [2.75, 3.05) is 19.7 Å². The Kier molecular flexibility index (Phi) is 5.46. The SMILES string of the molecule is CCN(CCO)Cc1ccc(C(=O)Cl)cc1. The summed E-state index contributed by atoms with van der Waals surface area (Å²) in [5.41, 5.74) is 1.62. The van der Waals surface area contributed by atoms with Gasteiger partial charge >= 0.3 is 0 Å². The molecule has 0 aliphatic rings. The molecule has 0 radical (unpaired) electrons. The topological polar surface area (TPSA) is 40.5 Å². The van der Waals surface area contributed by atoms with E-state index in [1.807, 2.05) is 19.1 Å². The number of rotatable bonds is 6. The molecule has 3 nitrogen and oxygen atoms in total. The number of nitrogens with zero attached hydrogens (tertiary/aromatic N) is 1. The fraction of sp³-hybridized carbons (Fsp3) is 0.417. The molecular formula is C12H16ClNO2. The molecule has 0 heterocycles. The van der Waals surface area contributed by atoms with E-state index in [1.165, 1.54) is 0 Å². The second kappa shape index (κ2) is 6.63. The molecule has 16 heavy (non-hydrogen) atoms. The first-order valence-corrected chi connectivity index (χ1v) is 5.67. The Hall–Kier alpha value is -0.900. The monoisotopic (exact) mass is 241 g/mol. The highest BCUT2D eigenvalue weighted by Gasteiger charge is 2.04. The molecule has 4 heteroatoms. The quantitative estimate of drug-likeness (QED) is 0.774. The van der Waals surface area contributed by atoms with Crippen LogP contribution in [0.3, 0.4) is 0 Å². The average molecular weight is 242 g/mol. The minimum atomic E-state index is -0.436. The zero-order chi connectivity index (χ0) is 12.0. The van der Waals surface area contributed by atoms with Crippen LogP contribution in [0.1, 0.15) is 22.8 Å². The zero-order valence-corrected chi connectivity index (χ0v) is 10.1. The number of hydrogen-bond acceptors (Lipinski definition) is 3. The van der Waals surface area contributed by atoms with Gasteiger partial charge in [-0.2, -0.15) is 0 Å². The molecule has 0 bridgehead atoms. The van der Waals surface area contributed by atoms with Gasteiger partial charge < -0.3 is 5.11 Å². The second-order valence-electron chi connectivity index (χ2n) is 3.56. The van der Waals surface area contributed by atoms with Crippen molar-refractivity contribution in [3.8, 4) is 0 Å². The van der Waals surface area contributed by atoms with Crippen molar-refractivity contribution in [3.05, 3.63) is 35.4 Å². The van der Waals surface area contributed by atoms with Crippen LogP contribution in [0, 0.1) is 0 Å². The molecule has 0 spiro atoms. The molecule has 0 unspecified atom stereocenters. The van der Waals surface area contributed by atoms with Crippen LogP contribution < -0.4 is 0 Å². The third-order valence-electron chi connectivity index (χ3n) is 2.45. The number of halogens is 1. The summed E-state index contributed by atoms with van der Waals surface area (Å²) < 4.78 is 0. The van der Waals surface area contributed by atoms with Crippen molar-refractivity contribution in [1.82, 2.24) is 4.90 Å². The van der Waals surface area contributed by atoms with Crippen molar-refractivity contribution >= 4 is 16.8 Å². The van der Waals surface area contributed by atoms with Crippen molar-refractivity contribution in [3.63, 3.8) is 0 Å². The molecule has 0 amide bonds. The highest BCUT2D eigenvalue weighted by atomic mass is 35.5. The predicted octanol–water partition coefficient (Wildman–Crippen LogP) is 1.88. The first-order chi connectivity index (χ1) is 7.67. The third-order valence-corrected chi connectivity index (χ3v) is 2.67. The van der Waals surface area contributed by atoms with Crippen molar-refractivity contribution in [1.29, 1.82) is 0 Å². The largest absolute Gasteiger partial charge is 0.395 e. The minimum Gasteiger partial charge on any atom is -0.395 e. The van der Waals surface area contributed by atoms with Crippen molar-refractivity contribution in [2.24, 2.45) is 0 Å². The van der Waals surface area contributed by atoms with Gasteiger partial charge in [0.15, 0.2) is 0 Å². The summed E-state index contributed by atoms with van der Waals surface area (Å²) in [5, 5.41) is 8.42. The number of aliphatic hydroxyl groups is 1. The van der Waals surface area contributed by atoms with Crippen molar-refractivity contribution < 1.29 is 9.90 Å². The molecule has 1 rings (SSSR count). The van der Waals surface area contributed by atoms with E-state index in [9.17, 15) is 4.79 Å². The summed E-state index contributed by atoms with van der Waals surface area (Å²) in [6, 6.07) is 7.21. The second-order valence-corrected chi connectivity index (χ2v) is 3.91. The van der Waals surface area contributed by atoms with E-state index < -0.39 is 5.24 Å². The Morgan fingerprint density at radius 2 is 2.00 bits per heavy atom. The van der Waals surface area contributed by atoms with Gasteiger partial charge in [-0.1, -0.05) is 19.1 Å². The number of benzene rings is 1. The lowest BCUT2D eigenvalue weighted by atomic mass is 10.1. The van der Waals surface area contributed by atoms with Gasteiger partial charge in [0, 0.05) is 18.7 Å².